The number of hydrogen-bond donors (Lipinski definition) is 2. The molecule has 0 aliphatic heterocycles. The van der Waals surface area contributed by atoms with E-state index in [-0.39, 0.29) is 11.3 Å². The van der Waals surface area contributed by atoms with E-state index in [2.05, 4.69) is 9.97 Å². The molecule has 3 aromatic rings. The van der Waals surface area contributed by atoms with Crippen LogP contribution in [-0.4, -0.2) is 15.1 Å². The maximum Gasteiger partial charge on any atom is 0.336 e. The number of aromatic amines is 1. The van der Waals surface area contributed by atoms with Crippen molar-refractivity contribution in [1.82, 2.24) is 9.97 Å². The molecule has 6 nitrogen and oxygen atoms in total. The molecule has 0 fully saturated rings. The van der Waals surface area contributed by atoms with Crippen LogP contribution < -0.4 is 11.2 Å². The van der Waals surface area contributed by atoms with Gasteiger partial charge in [0.05, 0.1) is 0 Å². The molecule has 1 aromatic carbocycles. The van der Waals surface area contributed by atoms with Crippen LogP contribution in [0.1, 0.15) is 11.1 Å². The van der Waals surface area contributed by atoms with E-state index in [0.29, 0.717) is 22.1 Å². The molecular weight excluding hydrogens is 304 g/mol. The number of nitrogens with one attached hydrogen (secondary N) is 1. The van der Waals surface area contributed by atoms with Crippen molar-refractivity contribution in [1.29, 1.82) is 0 Å². The molecule has 0 amide bonds. The van der Waals surface area contributed by atoms with Crippen molar-refractivity contribution in [2.24, 2.45) is 0 Å². The van der Waals surface area contributed by atoms with Gasteiger partial charge in [0.2, 0.25) is 0 Å². The largest absolute Gasteiger partial charge is 0.508 e. The first kappa shape index (κ1) is 14.4. The van der Waals surface area contributed by atoms with Gasteiger partial charge in [-0.3, -0.25) is 4.79 Å². The fourth-order valence-electron chi connectivity index (χ4n) is 2.00. The summed E-state index contributed by atoms with van der Waals surface area (Å²) >= 11 is 1.31. The van der Waals surface area contributed by atoms with Gasteiger partial charge in [0.25, 0.3) is 5.56 Å². The Morgan fingerprint density at radius 2 is 2.14 bits per heavy atom. The third-order valence-corrected chi connectivity index (χ3v) is 4.07. The third-order valence-electron chi connectivity index (χ3n) is 3.13. The fourth-order valence-corrected chi connectivity index (χ4v) is 2.82. The van der Waals surface area contributed by atoms with E-state index in [1.54, 1.807) is 13.0 Å². The quantitative estimate of drug-likeness (QED) is 0.437. The van der Waals surface area contributed by atoms with Crippen LogP contribution in [-0.2, 0) is 5.75 Å². The highest BCUT2D eigenvalue weighted by Crippen LogP contribution is 2.26. The number of H-pyrrole nitrogens is 1. The molecule has 2 N–H and O–H groups in total. The van der Waals surface area contributed by atoms with E-state index in [4.69, 9.17) is 4.42 Å². The third kappa shape index (κ3) is 2.89. The average molecular weight is 316 g/mol. The Labute approximate surface area is 128 Å². The number of benzene rings is 1. The van der Waals surface area contributed by atoms with E-state index in [1.807, 2.05) is 0 Å². The van der Waals surface area contributed by atoms with E-state index in [0.717, 1.165) is 10.9 Å². The smallest absolute Gasteiger partial charge is 0.336 e. The molecule has 0 unspecified atom stereocenters. The molecule has 0 saturated carbocycles. The molecule has 0 aliphatic carbocycles. The van der Waals surface area contributed by atoms with Gasteiger partial charge >= 0.3 is 5.63 Å². The molecule has 0 aliphatic rings. The van der Waals surface area contributed by atoms with Crippen molar-refractivity contribution in [2.75, 3.05) is 0 Å². The van der Waals surface area contributed by atoms with Crippen molar-refractivity contribution in [3.63, 3.8) is 0 Å². The normalized spacial score (nSPS) is 11.0. The van der Waals surface area contributed by atoms with Crippen LogP contribution in [0.15, 0.2) is 49.6 Å². The first-order valence-corrected chi connectivity index (χ1v) is 7.46. The lowest BCUT2D eigenvalue weighted by Crippen LogP contribution is -2.11. The van der Waals surface area contributed by atoms with E-state index in [9.17, 15) is 14.7 Å². The highest BCUT2D eigenvalue weighted by molar-refractivity contribution is 7.98. The summed E-state index contributed by atoms with van der Waals surface area (Å²) in [5.41, 5.74) is 0.956. The fraction of sp³-hybridized carbons (Fsp3) is 0.133. The Kier molecular flexibility index (Phi) is 3.72. The minimum absolute atomic E-state index is 0.0324. The second kappa shape index (κ2) is 5.69. The molecule has 0 bridgehead atoms. The monoisotopic (exact) mass is 316 g/mol. The minimum atomic E-state index is -0.487. The molecule has 2 aromatic heterocycles. The van der Waals surface area contributed by atoms with E-state index < -0.39 is 5.63 Å². The average Bonchev–Trinajstić information content (AvgIpc) is 2.47. The number of fused-ring (bicyclic) bond motifs is 1. The Balaban J connectivity index is 1.95. The molecule has 0 atom stereocenters. The molecule has 3 rings (SSSR count). The molecular formula is C15H12N2O4S. The maximum absolute atomic E-state index is 11.6. The van der Waals surface area contributed by atoms with Crippen LogP contribution in [0.2, 0.25) is 0 Å². The molecule has 0 radical (unpaired) electrons. The predicted octanol–water partition coefficient (Wildman–Crippen LogP) is 2.18. The lowest BCUT2D eigenvalue weighted by atomic mass is 10.1. The van der Waals surface area contributed by atoms with E-state index >= 15 is 0 Å². The molecule has 2 heterocycles. The Hall–Kier alpha value is -2.54. The number of hydrogen-bond acceptors (Lipinski definition) is 6. The van der Waals surface area contributed by atoms with Crippen molar-refractivity contribution in [3.8, 4) is 5.75 Å². The lowest BCUT2D eigenvalue weighted by Gasteiger charge is -2.05. The summed E-state index contributed by atoms with van der Waals surface area (Å²) in [6, 6.07) is 6.02. The van der Waals surface area contributed by atoms with Gasteiger partial charge in [-0.1, -0.05) is 11.8 Å². The van der Waals surface area contributed by atoms with Gasteiger partial charge in [-0.15, -0.1) is 0 Å². The van der Waals surface area contributed by atoms with Crippen molar-refractivity contribution >= 4 is 22.7 Å². The summed E-state index contributed by atoms with van der Waals surface area (Å²) in [5, 5.41) is 10.7. The van der Waals surface area contributed by atoms with Crippen LogP contribution in [0, 0.1) is 6.92 Å². The van der Waals surface area contributed by atoms with Crippen LogP contribution in [0.4, 0.5) is 0 Å². The molecule has 0 saturated heterocycles. The number of aromatic nitrogens is 2. The second-order valence-corrected chi connectivity index (χ2v) is 5.72. The van der Waals surface area contributed by atoms with Crippen molar-refractivity contribution in [3.05, 3.63) is 62.4 Å². The van der Waals surface area contributed by atoms with Gasteiger partial charge < -0.3 is 14.5 Å². The standard InChI is InChI=1S/C15H12N2O4S/c1-8-6-16-15(17-14(8)20)22-7-9-4-13(19)21-12-5-10(18)2-3-11(9)12/h2-6,18H,7H2,1H3,(H,16,17,20). The number of rotatable bonds is 3. The maximum atomic E-state index is 11.6. The van der Waals surface area contributed by atoms with Gasteiger partial charge in [-0.05, 0) is 24.6 Å². The van der Waals surface area contributed by atoms with Gasteiger partial charge in [0, 0.05) is 35.0 Å². The SMILES string of the molecule is Cc1cnc(SCc2cc(=O)oc3cc(O)ccc23)[nH]c1=O. The van der Waals surface area contributed by atoms with Crippen molar-refractivity contribution in [2.45, 2.75) is 17.8 Å². The summed E-state index contributed by atoms with van der Waals surface area (Å²) < 4.78 is 5.07. The molecule has 0 spiro atoms. The van der Waals surface area contributed by atoms with Crippen LogP contribution in [0.5, 0.6) is 5.75 Å². The Bertz CT molecular complexity index is 962. The van der Waals surface area contributed by atoms with E-state index in [1.165, 1.54) is 36.2 Å². The zero-order valence-corrected chi connectivity index (χ0v) is 12.4. The summed E-state index contributed by atoms with van der Waals surface area (Å²) in [6.45, 7) is 1.68. The topological polar surface area (TPSA) is 96.2 Å². The Morgan fingerprint density at radius 1 is 1.32 bits per heavy atom. The van der Waals surface area contributed by atoms with Crippen LogP contribution in [0.3, 0.4) is 0 Å². The number of aryl methyl sites for hydroxylation is 1. The second-order valence-electron chi connectivity index (χ2n) is 4.76. The van der Waals surface area contributed by atoms with Crippen LogP contribution >= 0.6 is 11.8 Å². The summed E-state index contributed by atoms with van der Waals surface area (Å²) in [7, 11) is 0. The number of phenols is 1. The Morgan fingerprint density at radius 3 is 2.91 bits per heavy atom. The van der Waals surface area contributed by atoms with Gasteiger partial charge in [0.15, 0.2) is 5.16 Å². The lowest BCUT2D eigenvalue weighted by molar-refractivity contribution is 0.473. The first-order chi connectivity index (χ1) is 10.5. The summed E-state index contributed by atoms with van der Waals surface area (Å²) in [5.74, 6) is 0.476. The number of nitrogens with zero attached hydrogens (tertiary/aromatic N) is 1. The molecule has 7 heteroatoms. The highest BCUT2D eigenvalue weighted by Gasteiger charge is 2.08. The van der Waals surface area contributed by atoms with Gasteiger partial charge in [0.1, 0.15) is 11.3 Å². The number of phenolic OH excluding ortho intramolecular Hbond substituents is 1. The zero-order chi connectivity index (χ0) is 15.7. The minimum Gasteiger partial charge on any atom is -0.508 e. The molecule has 112 valence electrons. The first-order valence-electron chi connectivity index (χ1n) is 6.47. The van der Waals surface area contributed by atoms with Gasteiger partial charge in [-0.2, -0.15) is 0 Å². The predicted molar refractivity (Wildman–Crippen MR) is 83.3 cm³/mol. The number of aromatic hydroxyl groups is 1. The summed E-state index contributed by atoms with van der Waals surface area (Å²) in [6.07, 6.45) is 1.51. The zero-order valence-electron chi connectivity index (χ0n) is 11.6. The van der Waals surface area contributed by atoms with Crippen LogP contribution in [0.25, 0.3) is 11.0 Å². The molecule has 22 heavy (non-hydrogen) atoms. The highest BCUT2D eigenvalue weighted by atomic mass is 32.2. The van der Waals surface area contributed by atoms with Crippen molar-refractivity contribution < 1.29 is 9.52 Å². The number of thioether (sulfide) groups is 1. The summed E-state index contributed by atoms with van der Waals surface area (Å²) in [4.78, 5) is 30.0. The van der Waals surface area contributed by atoms with Gasteiger partial charge in [-0.25, -0.2) is 9.78 Å².